The maximum absolute atomic E-state index is 12.6. The second kappa shape index (κ2) is 11.3. The number of rotatable bonds is 8. The number of carbonyl (C=O) groups excluding carboxylic acids is 1. The van der Waals surface area contributed by atoms with Crippen LogP contribution in [0, 0.1) is 11.3 Å². The van der Waals surface area contributed by atoms with Crippen molar-refractivity contribution < 1.29 is 22.7 Å². The van der Waals surface area contributed by atoms with Crippen LogP contribution in [0.2, 0.25) is 0 Å². The Hall–Kier alpha value is -3.59. The Morgan fingerprint density at radius 1 is 1.24 bits per heavy atom. The van der Waals surface area contributed by atoms with Gasteiger partial charge in [0.2, 0.25) is 11.9 Å². The van der Waals surface area contributed by atoms with Gasteiger partial charge in [-0.2, -0.15) is 10.2 Å². The first-order valence-electron chi connectivity index (χ1n) is 10.4. The van der Waals surface area contributed by atoms with Crippen molar-refractivity contribution >= 4 is 17.7 Å². The Labute approximate surface area is 189 Å². The molecule has 33 heavy (non-hydrogen) atoms. The number of halogens is 3. The minimum atomic E-state index is -4.81. The summed E-state index contributed by atoms with van der Waals surface area (Å²) < 4.78 is 41.8. The Morgan fingerprint density at radius 3 is 2.85 bits per heavy atom. The lowest BCUT2D eigenvalue weighted by Gasteiger charge is -2.20. The molecule has 2 heterocycles. The first kappa shape index (κ1) is 24.1. The standard InChI is InChI=1S/C21H24F3N7O2/c22-21(23,24)33-17-5-2-1-4-15(17)13-28-20-29-14-16(12-25)19(30-20)27-8-6-18(32)31-10-3-7-26-9-11-31/h1-2,4-5,14,26H,3,6-11,13H2,(H2,27,28,29,30). The van der Waals surface area contributed by atoms with Crippen LogP contribution in [-0.2, 0) is 11.3 Å². The first-order chi connectivity index (χ1) is 15.9. The molecule has 1 aromatic carbocycles. The van der Waals surface area contributed by atoms with Crippen LogP contribution in [0.1, 0.15) is 24.0 Å². The fourth-order valence-corrected chi connectivity index (χ4v) is 3.27. The average molecular weight is 463 g/mol. The third kappa shape index (κ3) is 7.50. The molecule has 9 nitrogen and oxygen atoms in total. The summed E-state index contributed by atoms with van der Waals surface area (Å²) in [6.45, 7) is 3.25. The summed E-state index contributed by atoms with van der Waals surface area (Å²) in [6, 6.07) is 7.71. The summed E-state index contributed by atoms with van der Waals surface area (Å²) >= 11 is 0. The van der Waals surface area contributed by atoms with E-state index in [-0.39, 0.29) is 54.1 Å². The molecule has 176 valence electrons. The van der Waals surface area contributed by atoms with Crippen molar-refractivity contribution in [1.29, 1.82) is 5.26 Å². The number of nitrogens with one attached hydrogen (secondary N) is 3. The van der Waals surface area contributed by atoms with Gasteiger partial charge >= 0.3 is 6.36 Å². The van der Waals surface area contributed by atoms with E-state index in [0.29, 0.717) is 13.1 Å². The quantitative estimate of drug-likeness (QED) is 0.547. The molecule has 1 aliphatic heterocycles. The molecule has 3 rings (SSSR count). The molecular formula is C21H24F3N7O2. The van der Waals surface area contributed by atoms with Crippen LogP contribution in [0.25, 0.3) is 0 Å². The van der Waals surface area contributed by atoms with E-state index in [1.807, 2.05) is 6.07 Å². The largest absolute Gasteiger partial charge is 0.573 e. The third-order valence-corrected chi connectivity index (χ3v) is 4.87. The Balaban J connectivity index is 1.60. The Morgan fingerprint density at radius 2 is 2.06 bits per heavy atom. The molecule has 0 saturated carbocycles. The lowest BCUT2D eigenvalue weighted by Crippen LogP contribution is -2.35. The number of aromatic nitrogens is 2. The van der Waals surface area contributed by atoms with E-state index in [4.69, 9.17) is 0 Å². The van der Waals surface area contributed by atoms with Gasteiger partial charge in [0.05, 0.1) is 6.20 Å². The van der Waals surface area contributed by atoms with Crippen LogP contribution >= 0.6 is 0 Å². The van der Waals surface area contributed by atoms with Crippen LogP contribution in [0.4, 0.5) is 24.9 Å². The minimum Gasteiger partial charge on any atom is -0.405 e. The average Bonchev–Trinajstić information content (AvgIpc) is 3.07. The molecule has 1 aliphatic rings. The van der Waals surface area contributed by atoms with E-state index < -0.39 is 6.36 Å². The fraction of sp³-hybridized carbons (Fsp3) is 0.429. The van der Waals surface area contributed by atoms with Crippen LogP contribution in [0.15, 0.2) is 30.5 Å². The highest BCUT2D eigenvalue weighted by atomic mass is 19.4. The summed E-state index contributed by atoms with van der Waals surface area (Å²) in [4.78, 5) is 22.5. The van der Waals surface area contributed by atoms with Crippen molar-refractivity contribution in [1.82, 2.24) is 20.2 Å². The zero-order chi connectivity index (χ0) is 23.7. The zero-order valence-electron chi connectivity index (χ0n) is 17.8. The van der Waals surface area contributed by atoms with E-state index >= 15 is 0 Å². The zero-order valence-corrected chi connectivity index (χ0v) is 17.8. The third-order valence-electron chi connectivity index (χ3n) is 4.87. The number of alkyl halides is 3. The summed E-state index contributed by atoms with van der Waals surface area (Å²) in [5.41, 5.74) is 0.447. The van der Waals surface area contributed by atoms with Crippen molar-refractivity contribution in [2.24, 2.45) is 0 Å². The maximum atomic E-state index is 12.6. The molecule has 0 atom stereocenters. The monoisotopic (exact) mass is 463 g/mol. The highest BCUT2D eigenvalue weighted by Gasteiger charge is 2.32. The number of benzene rings is 1. The summed E-state index contributed by atoms with van der Waals surface area (Å²) in [6.07, 6.45) is -2.37. The van der Waals surface area contributed by atoms with Crippen LogP contribution in [0.3, 0.4) is 0 Å². The van der Waals surface area contributed by atoms with E-state index in [1.54, 1.807) is 11.0 Å². The molecule has 1 saturated heterocycles. The molecular weight excluding hydrogens is 439 g/mol. The number of hydrogen-bond acceptors (Lipinski definition) is 8. The highest BCUT2D eigenvalue weighted by molar-refractivity contribution is 5.76. The van der Waals surface area contributed by atoms with Gasteiger partial charge in [-0.1, -0.05) is 18.2 Å². The predicted octanol–water partition coefficient (Wildman–Crippen LogP) is 2.48. The lowest BCUT2D eigenvalue weighted by atomic mass is 10.2. The second-order valence-electron chi connectivity index (χ2n) is 7.24. The van der Waals surface area contributed by atoms with E-state index in [1.165, 1.54) is 24.4 Å². The van der Waals surface area contributed by atoms with Gasteiger partial charge in [0.15, 0.2) is 0 Å². The fourth-order valence-electron chi connectivity index (χ4n) is 3.27. The molecule has 1 fully saturated rings. The van der Waals surface area contributed by atoms with Crippen molar-refractivity contribution in [2.45, 2.75) is 25.7 Å². The molecule has 3 N–H and O–H groups in total. The number of para-hydroxylation sites is 1. The number of hydrogen-bond donors (Lipinski definition) is 3. The van der Waals surface area contributed by atoms with Gasteiger partial charge < -0.3 is 25.6 Å². The molecule has 0 unspecified atom stereocenters. The van der Waals surface area contributed by atoms with Crippen molar-refractivity contribution in [3.05, 3.63) is 41.6 Å². The molecule has 2 aromatic rings. The topological polar surface area (TPSA) is 115 Å². The number of nitrogens with zero attached hydrogens (tertiary/aromatic N) is 4. The summed E-state index contributed by atoms with van der Waals surface area (Å²) in [7, 11) is 0. The Bertz CT molecular complexity index is 987. The van der Waals surface area contributed by atoms with Crippen molar-refractivity contribution in [2.75, 3.05) is 43.4 Å². The summed E-state index contributed by atoms with van der Waals surface area (Å²) in [5, 5.41) is 18.4. The van der Waals surface area contributed by atoms with Gasteiger partial charge in [-0.15, -0.1) is 13.2 Å². The SMILES string of the molecule is N#Cc1cnc(NCc2ccccc2OC(F)(F)F)nc1NCCC(=O)N1CCCNCC1. The molecule has 0 radical (unpaired) electrons. The lowest BCUT2D eigenvalue weighted by molar-refractivity contribution is -0.274. The minimum absolute atomic E-state index is 0.0124. The van der Waals surface area contributed by atoms with Gasteiger partial charge in [-0.05, 0) is 19.0 Å². The van der Waals surface area contributed by atoms with Crippen molar-refractivity contribution in [3.8, 4) is 11.8 Å². The van der Waals surface area contributed by atoms with Gasteiger partial charge in [-0.3, -0.25) is 4.79 Å². The number of nitriles is 1. The van der Waals surface area contributed by atoms with Gasteiger partial charge in [-0.25, -0.2) is 4.98 Å². The first-order valence-corrected chi connectivity index (χ1v) is 10.4. The van der Waals surface area contributed by atoms with Gasteiger partial charge in [0.25, 0.3) is 0 Å². The molecule has 0 aliphatic carbocycles. The van der Waals surface area contributed by atoms with Gasteiger partial charge in [0, 0.05) is 44.7 Å². The highest BCUT2D eigenvalue weighted by Crippen LogP contribution is 2.26. The van der Waals surface area contributed by atoms with E-state index in [9.17, 15) is 23.2 Å². The summed E-state index contributed by atoms with van der Waals surface area (Å²) in [5.74, 6) is 0.0356. The molecule has 0 spiro atoms. The Kier molecular flexibility index (Phi) is 8.26. The molecule has 0 bridgehead atoms. The number of amides is 1. The maximum Gasteiger partial charge on any atom is 0.573 e. The predicted molar refractivity (Wildman–Crippen MR) is 114 cm³/mol. The van der Waals surface area contributed by atoms with Crippen LogP contribution in [0.5, 0.6) is 5.75 Å². The van der Waals surface area contributed by atoms with Crippen LogP contribution in [-0.4, -0.2) is 59.9 Å². The smallest absolute Gasteiger partial charge is 0.405 e. The molecule has 1 amide bonds. The van der Waals surface area contributed by atoms with Crippen molar-refractivity contribution in [3.63, 3.8) is 0 Å². The van der Waals surface area contributed by atoms with Gasteiger partial charge in [0.1, 0.15) is 23.2 Å². The van der Waals surface area contributed by atoms with E-state index in [2.05, 4.69) is 30.7 Å². The normalized spacial score (nSPS) is 14.2. The number of ether oxygens (including phenoxy) is 1. The van der Waals surface area contributed by atoms with E-state index in [0.717, 1.165) is 19.5 Å². The van der Waals surface area contributed by atoms with Crippen LogP contribution < -0.4 is 20.7 Å². The number of anilines is 2. The number of carbonyl (C=O) groups is 1. The molecule has 12 heteroatoms. The second-order valence-corrected chi connectivity index (χ2v) is 7.24. The molecule has 1 aromatic heterocycles.